The van der Waals surface area contributed by atoms with Crippen LogP contribution in [0.3, 0.4) is 0 Å². The minimum Gasteiger partial charge on any atom is -0.370 e. The molecule has 1 aliphatic rings. The molecule has 0 spiro atoms. The van der Waals surface area contributed by atoms with Crippen LogP contribution < -0.4 is 11.1 Å². The lowest BCUT2D eigenvalue weighted by molar-refractivity contribution is 0.249. The standard InChI is InChI=1S/C12H26N4.HI/c1-3-8-14-12(13)15-9-10-16(2)11-6-4-5-7-11;/h11H,3-10H2,1-2H3,(H3,13,14,15);1H. The normalized spacial score (nSPS) is 17.2. The van der Waals surface area contributed by atoms with Gasteiger partial charge in [0.25, 0.3) is 0 Å². The van der Waals surface area contributed by atoms with Crippen molar-refractivity contribution in [1.82, 2.24) is 10.2 Å². The molecule has 102 valence electrons. The minimum atomic E-state index is 0. The highest BCUT2D eigenvalue weighted by molar-refractivity contribution is 14.0. The van der Waals surface area contributed by atoms with E-state index in [2.05, 4.69) is 29.2 Å². The van der Waals surface area contributed by atoms with Gasteiger partial charge in [0.1, 0.15) is 0 Å². The van der Waals surface area contributed by atoms with Gasteiger partial charge in [0.05, 0.1) is 0 Å². The van der Waals surface area contributed by atoms with Crippen molar-refractivity contribution >= 4 is 29.9 Å². The van der Waals surface area contributed by atoms with E-state index in [4.69, 9.17) is 5.73 Å². The summed E-state index contributed by atoms with van der Waals surface area (Å²) in [7, 11) is 2.21. The predicted octanol–water partition coefficient (Wildman–Crippen LogP) is 1.79. The number of likely N-dealkylation sites (N-methyl/N-ethyl adjacent to an activating group) is 1. The van der Waals surface area contributed by atoms with E-state index in [0.717, 1.165) is 32.1 Å². The summed E-state index contributed by atoms with van der Waals surface area (Å²) >= 11 is 0. The summed E-state index contributed by atoms with van der Waals surface area (Å²) in [5.74, 6) is 0.585. The lowest BCUT2D eigenvalue weighted by Crippen LogP contribution is -2.40. The lowest BCUT2D eigenvalue weighted by Gasteiger charge is -2.23. The van der Waals surface area contributed by atoms with Crippen molar-refractivity contribution in [2.45, 2.75) is 45.1 Å². The van der Waals surface area contributed by atoms with Gasteiger partial charge < -0.3 is 16.0 Å². The van der Waals surface area contributed by atoms with Crippen LogP contribution in [0.4, 0.5) is 0 Å². The van der Waals surface area contributed by atoms with Gasteiger partial charge in [-0.05, 0) is 26.3 Å². The third-order valence-electron chi connectivity index (χ3n) is 3.22. The topological polar surface area (TPSA) is 53.6 Å². The van der Waals surface area contributed by atoms with Crippen LogP contribution in [0.5, 0.6) is 0 Å². The fourth-order valence-electron chi connectivity index (χ4n) is 2.18. The highest BCUT2D eigenvalue weighted by Crippen LogP contribution is 2.21. The van der Waals surface area contributed by atoms with Crippen molar-refractivity contribution < 1.29 is 0 Å². The first-order valence-corrected chi connectivity index (χ1v) is 6.48. The van der Waals surface area contributed by atoms with Crippen molar-refractivity contribution in [3.8, 4) is 0 Å². The second-order valence-electron chi connectivity index (χ2n) is 4.61. The summed E-state index contributed by atoms with van der Waals surface area (Å²) in [5, 5.41) is 3.16. The molecule has 1 aliphatic carbocycles. The third kappa shape index (κ3) is 7.08. The molecule has 0 atom stereocenters. The molecule has 17 heavy (non-hydrogen) atoms. The molecule has 0 saturated heterocycles. The van der Waals surface area contributed by atoms with Crippen molar-refractivity contribution in [2.75, 3.05) is 26.7 Å². The highest BCUT2D eigenvalue weighted by atomic mass is 127. The van der Waals surface area contributed by atoms with E-state index in [-0.39, 0.29) is 24.0 Å². The number of nitrogens with one attached hydrogen (secondary N) is 1. The van der Waals surface area contributed by atoms with E-state index in [9.17, 15) is 0 Å². The van der Waals surface area contributed by atoms with Crippen molar-refractivity contribution in [3.63, 3.8) is 0 Å². The van der Waals surface area contributed by atoms with Crippen LogP contribution in [-0.4, -0.2) is 43.6 Å². The third-order valence-corrected chi connectivity index (χ3v) is 3.22. The Balaban J connectivity index is 0.00000256. The summed E-state index contributed by atoms with van der Waals surface area (Å²) in [6.07, 6.45) is 6.54. The molecule has 0 aromatic heterocycles. The van der Waals surface area contributed by atoms with E-state index < -0.39 is 0 Å². The maximum atomic E-state index is 5.72. The zero-order valence-electron chi connectivity index (χ0n) is 11.1. The van der Waals surface area contributed by atoms with Crippen LogP contribution in [0.1, 0.15) is 39.0 Å². The van der Waals surface area contributed by atoms with Crippen LogP contribution in [0.25, 0.3) is 0 Å². The Hall–Kier alpha value is -0.0400. The van der Waals surface area contributed by atoms with Crippen molar-refractivity contribution in [1.29, 1.82) is 0 Å². The molecule has 1 rings (SSSR count). The fourth-order valence-corrected chi connectivity index (χ4v) is 2.18. The van der Waals surface area contributed by atoms with Crippen LogP contribution >= 0.6 is 24.0 Å². The van der Waals surface area contributed by atoms with Gasteiger partial charge in [0.15, 0.2) is 5.96 Å². The molecule has 0 bridgehead atoms. The molecule has 1 saturated carbocycles. The number of hydrogen-bond acceptors (Lipinski definition) is 2. The highest BCUT2D eigenvalue weighted by Gasteiger charge is 2.18. The summed E-state index contributed by atoms with van der Waals surface area (Å²) < 4.78 is 0. The Morgan fingerprint density at radius 2 is 2.06 bits per heavy atom. The molecular formula is C12H27IN4. The van der Waals surface area contributed by atoms with Gasteiger partial charge in [0, 0.05) is 25.7 Å². The van der Waals surface area contributed by atoms with Crippen LogP contribution in [0, 0.1) is 0 Å². The molecular weight excluding hydrogens is 327 g/mol. The van der Waals surface area contributed by atoms with Gasteiger partial charge >= 0.3 is 0 Å². The van der Waals surface area contributed by atoms with E-state index in [1.165, 1.54) is 25.7 Å². The van der Waals surface area contributed by atoms with Crippen molar-refractivity contribution in [2.24, 2.45) is 10.7 Å². The summed E-state index contributed by atoms with van der Waals surface area (Å²) in [6.45, 7) is 4.86. The van der Waals surface area contributed by atoms with E-state index in [0.29, 0.717) is 5.96 Å². The first-order chi connectivity index (χ1) is 7.74. The smallest absolute Gasteiger partial charge is 0.188 e. The number of hydrogen-bond donors (Lipinski definition) is 2. The number of aliphatic imine (C=N–C) groups is 1. The Morgan fingerprint density at radius 1 is 1.41 bits per heavy atom. The molecule has 0 aliphatic heterocycles. The maximum Gasteiger partial charge on any atom is 0.188 e. The molecule has 0 radical (unpaired) electrons. The van der Waals surface area contributed by atoms with Gasteiger partial charge in [-0.25, -0.2) is 0 Å². The zero-order chi connectivity index (χ0) is 11.8. The molecule has 0 amide bonds. The van der Waals surface area contributed by atoms with Gasteiger partial charge in [-0.15, -0.1) is 24.0 Å². The molecule has 5 heteroatoms. The summed E-state index contributed by atoms with van der Waals surface area (Å²) in [6, 6.07) is 0.788. The quantitative estimate of drug-likeness (QED) is 0.435. The molecule has 0 unspecified atom stereocenters. The SMILES string of the molecule is CCCN=C(N)NCCN(C)C1CCCC1.I. The minimum absolute atomic E-state index is 0. The molecule has 4 nitrogen and oxygen atoms in total. The van der Waals surface area contributed by atoms with Crippen molar-refractivity contribution in [3.05, 3.63) is 0 Å². The van der Waals surface area contributed by atoms with Crippen LogP contribution in [-0.2, 0) is 0 Å². The predicted molar refractivity (Wildman–Crippen MR) is 85.1 cm³/mol. The first kappa shape index (κ1) is 17.0. The fraction of sp³-hybridized carbons (Fsp3) is 0.917. The number of nitrogens with zero attached hydrogens (tertiary/aromatic N) is 2. The molecule has 0 aromatic carbocycles. The second-order valence-corrected chi connectivity index (χ2v) is 4.61. The number of nitrogens with two attached hydrogens (primary N) is 1. The average molecular weight is 354 g/mol. The molecule has 0 aromatic rings. The van der Waals surface area contributed by atoms with Gasteiger partial charge in [-0.1, -0.05) is 19.8 Å². The maximum absolute atomic E-state index is 5.72. The van der Waals surface area contributed by atoms with Gasteiger partial charge in [-0.3, -0.25) is 4.99 Å². The number of guanidine groups is 1. The van der Waals surface area contributed by atoms with Gasteiger partial charge in [-0.2, -0.15) is 0 Å². The summed E-state index contributed by atoms with van der Waals surface area (Å²) in [5.41, 5.74) is 5.72. The largest absolute Gasteiger partial charge is 0.370 e. The summed E-state index contributed by atoms with van der Waals surface area (Å²) in [4.78, 5) is 6.64. The zero-order valence-corrected chi connectivity index (χ0v) is 13.4. The Kier molecular flexibility index (Phi) is 9.91. The first-order valence-electron chi connectivity index (χ1n) is 6.48. The molecule has 3 N–H and O–H groups in total. The number of halogens is 1. The van der Waals surface area contributed by atoms with Crippen LogP contribution in [0.15, 0.2) is 4.99 Å². The monoisotopic (exact) mass is 354 g/mol. The second kappa shape index (κ2) is 9.94. The van der Waals surface area contributed by atoms with E-state index in [1.807, 2.05) is 0 Å². The lowest BCUT2D eigenvalue weighted by atomic mass is 10.2. The molecule has 0 heterocycles. The Bertz CT molecular complexity index is 215. The number of rotatable bonds is 6. The Morgan fingerprint density at radius 3 is 2.65 bits per heavy atom. The molecule has 1 fully saturated rings. The van der Waals surface area contributed by atoms with E-state index in [1.54, 1.807) is 0 Å². The average Bonchev–Trinajstić information content (AvgIpc) is 2.79. The van der Waals surface area contributed by atoms with Gasteiger partial charge in [0.2, 0.25) is 0 Å². The van der Waals surface area contributed by atoms with Crippen LogP contribution in [0.2, 0.25) is 0 Å². The van der Waals surface area contributed by atoms with E-state index >= 15 is 0 Å². The Labute approximate surface area is 122 Å².